The van der Waals surface area contributed by atoms with Crippen LogP contribution in [0.5, 0.6) is 0 Å². The second-order valence-electron chi connectivity index (χ2n) is 6.14. The summed E-state index contributed by atoms with van der Waals surface area (Å²) >= 11 is 0. The van der Waals surface area contributed by atoms with Gasteiger partial charge in [-0.1, -0.05) is 38.1 Å². The van der Waals surface area contributed by atoms with Gasteiger partial charge in [0.25, 0.3) is 0 Å². The lowest BCUT2D eigenvalue weighted by Crippen LogP contribution is -2.19. The summed E-state index contributed by atoms with van der Waals surface area (Å²) in [4.78, 5) is 0. The Morgan fingerprint density at radius 3 is 2.76 bits per heavy atom. The topological polar surface area (TPSA) is 30.5 Å². The first-order chi connectivity index (χ1) is 10.3. The molecule has 1 aromatic carbocycles. The third-order valence-electron chi connectivity index (χ3n) is 3.95. The lowest BCUT2D eigenvalue weighted by Gasteiger charge is -2.10. The van der Waals surface area contributed by atoms with Gasteiger partial charge in [-0.25, -0.2) is 0 Å². The van der Waals surface area contributed by atoms with Gasteiger partial charge in [-0.2, -0.15) is 0 Å². The van der Waals surface area contributed by atoms with E-state index in [1.807, 2.05) is 0 Å². The Labute approximate surface area is 129 Å². The van der Waals surface area contributed by atoms with Gasteiger partial charge in [-0.3, -0.25) is 0 Å². The summed E-state index contributed by atoms with van der Waals surface area (Å²) in [5.41, 5.74) is 2.75. The van der Waals surface area contributed by atoms with E-state index in [1.54, 1.807) is 0 Å². The highest BCUT2D eigenvalue weighted by atomic mass is 16.5. The minimum Gasteiger partial charge on any atom is -0.379 e. The molecular formula is C18H29NO2. The fraction of sp³-hybridized carbons (Fsp3) is 0.667. The monoisotopic (exact) mass is 291 g/mol. The molecule has 0 radical (unpaired) electrons. The van der Waals surface area contributed by atoms with Crippen molar-refractivity contribution < 1.29 is 9.47 Å². The molecule has 1 aromatic rings. The molecule has 0 aromatic heterocycles. The maximum absolute atomic E-state index is 5.65. The van der Waals surface area contributed by atoms with Crippen LogP contribution < -0.4 is 5.32 Å². The third-order valence-corrected chi connectivity index (χ3v) is 3.95. The van der Waals surface area contributed by atoms with Crippen LogP contribution in [0.25, 0.3) is 0 Å². The summed E-state index contributed by atoms with van der Waals surface area (Å²) in [5, 5.41) is 3.47. The molecule has 1 N–H and O–H groups in total. The van der Waals surface area contributed by atoms with E-state index >= 15 is 0 Å². The Hall–Kier alpha value is -0.900. The first-order valence-corrected chi connectivity index (χ1v) is 8.24. The molecule has 21 heavy (non-hydrogen) atoms. The maximum Gasteiger partial charge on any atom is 0.0809 e. The molecule has 118 valence electrons. The molecule has 3 heteroatoms. The van der Waals surface area contributed by atoms with E-state index in [0.29, 0.717) is 12.0 Å². The van der Waals surface area contributed by atoms with Gasteiger partial charge in [0.05, 0.1) is 12.7 Å². The van der Waals surface area contributed by atoms with E-state index < -0.39 is 0 Å². The molecule has 1 fully saturated rings. The molecule has 0 spiro atoms. The van der Waals surface area contributed by atoms with Gasteiger partial charge in [0.15, 0.2) is 0 Å². The molecule has 1 aliphatic heterocycles. The third kappa shape index (κ3) is 6.16. The number of hydrogen-bond acceptors (Lipinski definition) is 3. The van der Waals surface area contributed by atoms with Crippen molar-refractivity contribution in [2.24, 2.45) is 0 Å². The van der Waals surface area contributed by atoms with Crippen LogP contribution in [0.4, 0.5) is 0 Å². The zero-order valence-corrected chi connectivity index (χ0v) is 13.4. The SMILES string of the molecule is CC(C)c1ccc(CNCCCOCC2CCCO2)cc1. The van der Waals surface area contributed by atoms with Crippen LogP contribution in [0.1, 0.15) is 50.2 Å². The fourth-order valence-electron chi connectivity index (χ4n) is 2.54. The van der Waals surface area contributed by atoms with Crippen LogP contribution in [0.3, 0.4) is 0 Å². The lowest BCUT2D eigenvalue weighted by molar-refractivity contribution is 0.0166. The minimum atomic E-state index is 0.345. The summed E-state index contributed by atoms with van der Waals surface area (Å²) in [7, 11) is 0. The first kappa shape index (κ1) is 16.5. The van der Waals surface area contributed by atoms with E-state index in [2.05, 4.69) is 43.4 Å². The maximum atomic E-state index is 5.65. The molecule has 1 saturated heterocycles. The van der Waals surface area contributed by atoms with Crippen molar-refractivity contribution in [3.8, 4) is 0 Å². The van der Waals surface area contributed by atoms with Gasteiger partial charge in [-0.05, 0) is 42.9 Å². The van der Waals surface area contributed by atoms with Crippen LogP contribution >= 0.6 is 0 Å². The van der Waals surface area contributed by atoms with Gasteiger partial charge in [-0.15, -0.1) is 0 Å². The van der Waals surface area contributed by atoms with Gasteiger partial charge < -0.3 is 14.8 Å². The Kier molecular flexibility index (Phi) is 7.20. The van der Waals surface area contributed by atoms with Crippen LogP contribution in [0, 0.1) is 0 Å². The zero-order chi connectivity index (χ0) is 14.9. The van der Waals surface area contributed by atoms with Crippen molar-refractivity contribution in [3.63, 3.8) is 0 Å². The largest absolute Gasteiger partial charge is 0.379 e. The second-order valence-corrected chi connectivity index (χ2v) is 6.14. The fourth-order valence-corrected chi connectivity index (χ4v) is 2.54. The van der Waals surface area contributed by atoms with E-state index in [-0.39, 0.29) is 0 Å². The number of ether oxygens (including phenoxy) is 2. The molecule has 0 bridgehead atoms. The first-order valence-electron chi connectivity index (χ1n) is 8.24. The van der Waals surface area contributed by atoms with E-state index in [9.17, 15) is 0 Å². The minimum absolute atomic E-state index is 0.345. The van der Waals surface area contributed by atoms with E-state index in [1.165, 1.54) is 17.5 Å². The zero-order valence-electron chi connectivity index (χ0n) is 13.4. The quantitative estimate of drug-likeness (QED) is 0.707. The Balaban J connectivity index is 1.49. The molecule has 0 amide bonds. The average Bonchev–Trinajstić information content (AvgIpc) is 3.00. The molecule has 1 aliphatic rings. The average molecular weight is 291 g/mol. The van der Waals surface area contributed by atoms with Gasteiger partial charge in [0.2, 0.25) is 0 Å². The molecule has 3 nitrogen and oxygen atoms in total. The van der Waals surface area contributed by atoms with Crippen molar-refractivity contribution in [1.82, 2.24) is 5.32 Å². The van der Waals surface area contributed by atoms with Crippen molar-refractivity contribution in [2.75, 3.05) is 26.4 Å². The molecule has 0 aliphatic carbocycles. The normalized spacial score (nSPS) is 18.5. The van der Waals surface area contributed by atoms with Crippen LogP contribution in [-0.2, 0) is 16.0 Å². The smallest absolute Gasteiger partial charge is 0.0809 e. The predicted octanol–water partition coefficient (Wildman–Crippen LogP) is 3.49. The standard InChI is InChI=1S/C18H29NO2/c1-15(2)17-8-6-16(7-9-17)13-19-10-4-11-20-14-18-5-3-12-21-18/h6-9,15,18-19H,3-5,10-14H2,1-2H3. The molecule has 1 heterocycles. The van der Waals surface area contributed by atoms with Gasteiger partial charge in [0, 0.05) is 19.8 Å². The van der Waals surface area contributed by atoms with E-state index in [0.717, 1.165) is 45.8 Å². The number of hydrogen-bond donors (Lipinski definition) is 1. The van der Waals surface area contributed by atoms with Crippen LogP contribution in [0.15, 0.2) is 24.3 Å². The summed E-state index contributed by atoms with van der Waals surface area (Å²) in [5.74, 6) is 0.605. The Morgan fingerprint density at radius 1 is 1.29 bits per heavy atom. The summed E-state index contributed by atoms with van der Waals surface area (Å²) in [6.07, 6.45) is 3.74. The van der Waals surface area contributed by atoms with Crippen molar-refractivity contribution in [1.29, 1.82) is 0 Å². The van der Waals surface area contributed by atoms with Crippen LogP contribution in [-0.4, -0.2) is 32.5 Å². The van der Waals surface area contributed by atoms with Crippen molar-refractivity contribution in [2.45, 2.75) is 51.7 Å². The summed E-state index contributed by atoms with van der Waals surface area (Å²) in [6, 6.07) is 8.89. The number of rotatable bonds is 9. The Bertz CT molecular complexity index is 383. The van der Waals surface area contributed by atoms with Gasteiger partial charge >= 0.3 is 0 Å². The van der Waals surface area contributed by atoms with Crippen molar-refractivity contribution >= 4 is 0 Å². The second kappa shape index (κ2) is 9.19. The lowest BCUT2D eigenvalue weighted by atomic mass is 10.0. The number of benzene rings is 1. The van der Waals surface area contributed by atoms with Gasteiger partial charge in [0.1, 0.15) is 0 Å². The Morgan fingerprint density at radius 2 is 2.10 bits per heavy atom. The predicted molar refractivity (Wildman–Crippen MR) is 86.6 cm³/mol. The van der Waals surface area contributed by atoms with E-state index in [4.69, 9.17) is 9.47 Å². The molecule has 0 saturated carbocycles. The molecule has 1 unspecified atom stereocenters. The highest BCUT2D eigenvalue weighted by Crippen LogP contribution is 2.14. The highest BCUT2D eigenvalue weighted by Gasteiger charge is 2.14. The molecule has 2 rings (SSSR count). The summed E-state index contributed by atoms with van der Waals surface area (Å²) in [6.45, 7) is 8.87. The summed E-state index contributed by atoms with van der Waals surface area (Å²) < 4.78 is 11.2. The number of nitrogens with one attached hydrogen (secondary N) is 1. The molecular weight excluding hydrogens is 262 g/mol. The van der Waals surface area contributed by atoms with Crippen molar-refractivity contribution in [3.05, 3.63) is 35.4 Å². The van der Waals surface area contributed by atoms with Crippen LogP contribution in [0.2, 0.25) is 0 Å². The highest BCUT2D eigenvalue weighted by molar-refractivity contribution is 5.24. The molecule has 1 atom stereocenters.